The number of ether oxygens (including phenoxy) is 1. The van der Waals surface area contributed by atoms with Crippen molar-refractivity contribution in [3.63, 3.8) is 0 Å². The lowest BCUT2D eigenvalue weighted by Crippen LogP contribution is -2.03. The number of aryl methyl sites for hydroxylation is 1. The van der Waals surface area contributed by atoms with Crippen molar-refractivity contribution >= 4 is 5.69 Å². The Morgan fingerprint density at radius 3 is 2.84 bits per heavy atom. The predicted molar refractivity (Wildman–Crippen MR) is 78.9 cm³/mol. The van der Waals surface area contributed by atoms with Gasteiger partial charge in [-0.15, -0.1) is 0 Å². The molecule has 3 rings (SSSR count). The molecule has 0 bridgehead atoms. The Morgan fingerprint density at radius 2 is 1.95 bits per heavy atom. The van der Waals surface area contributed by atoms with Gasteiger partial charge in [-0.2, -0.15) is 0 Å². The first-order valence-corrected chi connectivity index (χ1v) is 6.95. The number of anilines is 1. The van der Waals surface area contributed by atoms with Gasteiger partial charge in [-0.3, -0.25) is 0 Å². The highest BCUT2D eigenvalue weighted by Crippen LogP contribution is 2.27. The topological polar surface area (TPSA) is 21.3 Å². The highest BCUT2D eigenvalue weighted by Gasteiger charge is 2.11. The van der Waals surface area contributed by atoms with E-state index in [1.807, 2.05) is 0 Å². The zero-order valence-corrected chi connectivity index (χ0v) is 11.1. The quantitative estimate of drug-likeness (QED) is 0.821. The second kappa shape index (κ2) is 5.79. The van der Waals surface area contributed by atoms with E-state index >= 15 is 0 Å². The van der Waals surface area contributed by atoms with Gasteiger partial charge in [-0.05, 0) is 42.2 Å². The van der Waals surface area contributed by atoms with Crippen molar-refractivity contribution in [2.75, 3.05) is 18.5 Å². The number of hydrogen-bond donors (Lipinski definition) is 1. The summed E-state index contributed by atoms with van der Waals surface area (Å²) < 4.78 is 5.51. The molecule has 0 aliphatic carbocycles. The smallest absolute Gasteiger partial charge is 0.122 e. The van der Waals surface area contributed by atoms with E-state index in [-0.39, 0.29) is 0 Å². The van der Waals surface area contributed by atoms with Crippen LogP contribution >= 0.6 is 0 Å². The molecule has 1 aliphatic heterocycles. The monoisotopic (exact) mass is 253 g/mol. The maximum Gasteiger partial charge on any atom is 0.122 e. The Morgan fingerprint density at radius 1 is 1.05 bits per heavy atom. The Balaban J connectivity index is 1.48. The summed E-state index contributed by atoms with van der Waals surface area (Å²) in [5.74, 6) is 1.05. The van der Waals surface area contributed by atoms with Crippen LogP contribution in [0.15, 0.2) is 48.5 Å². The maximum atomic E-state index is 5.51. The first kappa shape index (κ1) is 12.1. The van der Waals surface area contributed by atoms with Gasteiger partial charge in [-0.1, -0.05) is 30.3 Å². The Kier molecular flexibility index (Phi) is 3.68. The van der Waals surface area contributed by atoms with Crippen LogP contribution in [-0.2, 0) is 12.8 Å². The molecule has 0 radical (unpaired) electrons. The summed E-state index contributed by atoms with van der Waals surface area (Å²) in [5.41, 5.74) is 3.94. The number of nitrogens with one attached hydrogen (secondary N) is 1. The summed E-state index contributed by atoms with van der Waals surface area (Å²) in [4.78, 5) is 0. The first-order valence-electron chi connectivity index (χ1n) is 6.95. The lowest BCUT2D eigenvalue weighted by atomic mass is 10.1. The van der Waals surface area contributed by atoms with Crippen LogP contribution < -0.4 is 10.1 Å². The van der Waals surface area contributed by atoms with Crippen molar-refractivity contribution in [1.29, 1.82) is 0 Å². The summed E-state index contributed by atoms with van der Waals surface area (Å²) in [6.07, 6.45) is 3.31. The van der Waals surface area contributed by atoms with E-state index in [2.05, 4.69) is 53.8 Å². The van der Waals surface area contributed by atoms with Gasteiger partial charge in [0.1, 0.15) is 5.75 Å². The van der Waals surface area contributed by atoms with Gasteiger partial charge >= 0.3 is 0 Å². The van der Waals surface area contributed by atoms with E-state index in [0.29, 0.717) is 0 Å². The molecule has 2 heteroatoms. The zero-order valence-electron chi connectivity index (χ0n) is 11.1. The first-order chi connectivity index (χ1) is 9.42. The second-order valence-corrected chi connectivity index (χ2v) is 4.94. The fourth-order valence-corrected chi connectivity index (χ4v) is 2.47. The SMILES string of the molecule is c1ccc(CCCNc2ccc3c(c2)CCO3)cc1. The van der Waals surface area contributed by atoms with Crippen LogP contribution in [0.1, 0.15) is 17.5 Å². The Labute approximate surface area is 114 Å². The molecule has 2 aromatic carbocycles. The van der Waals surface area contributed by atoms with E-state index in [1.165, 1.54) is 16.8 Å². The molecule has 19 heavy (non-hydrogen) atoms. The van der Waals surface area contributed by atoms with Crippen molar-refractivity contribution in [3.05, 3.63) is 59.7 Å². The normalized spacial score (nSPS) is 12.8. The van der Waals surface area contributed by atoms with Gasteiger partial charge in [0, 0.05) is 18.7 Å². The highest BCUT2D eigenvalue weighted by atomic mass is 16.5. The standard InChI is InChI=1S/C17H19NO/c1-2-5-14(6-3-1)7-4-11-18-16-8-9-17-15(13-16)10-12-19-17/h1-3,5-6,8-9,13,18H,4,7,10-12H2. The molecule has 1 aliphatic rings. The van der Waals surface area contributed by atoms with Gasteiger partial charge in [0.2, 0.25) is 0 Å². The third-order valence-corrected chi connectivity index (χ3v) is 3.50. The molecule has 0 aromatic heterocycles. The third-order valence-electron chi connectivity index (χ3n) is 3.50. The minimum Gasteiger partial charge on any atom is -0.493 e. The lowest BCUT2D eigenvalue weighted by molar-refractivity contribution is 0.357. The van der Waals surface area contributed by atoms with Crippen molar-refractivity contribution in [2.45, 2.75) is 19.3 Å². The molecule has 1 N–H and O–H groups in total. The molecule has 0 amide bonds. The van der Waals surface area contributed by atoms with Gasteiger partial charge in [-0.25, -0.2) is 0 Å². The summed E-state index contributed by atoms with van der Waals surface area (Å²) >= 11 is 0. The molecule has 0 saturated heterocycles. The van der Waals surface area contributed by atoms with E-state index < -0.39 is 0 Å². The van der Waals surface area contributed by atoms with Crippen LogP contribution in [0.2, 0.25) is 0 Å². The van der Waals surface area contributed by atoms with Crippen molar-refractivity contribution in [1.82, 2.24) is 0 Å². The summed E-state index contributed by atoms with van der Waals surface area (Å²) in [6.45, 7) is 1.83. The van der Waals surface area contributed by atoms with Crippen LogP contribution in [0.3, 0.4) is 0 Å². The largest absolute Gasteiger partial charge is 0.493 e. The third kappa shape index (κ3) is 3.08. The molecule has 0 unspecified atom stereocenters. The van der Waals surface area contributed by atoms with Crippen molar-refractivity contribution in [3.8, 4) is 5.75 Å². The van der Waals surface area contributed by atoms with Crippen LogP contribution in [0.5, 0.6) is 5.75 Å². The molecule has 0 atom stereocenters. The molecule has 98 valence electrons. The van der Waals surface area contributed by atoms with Crippen molar-refractivity contribution < 1.29 is 4.74 Å². The molecule has 0 fully saturated rings. The second-order valence-electron chi connectivity index (χ2n) is 4.94. The number of rotatable bonds is 5. The molecule has 0 saturated carbocycles. The summed E-state index contributed by atoms with van der Waals surface area (Å²) in [6, 6.07) is 17.0. The van der Waals surface area contributed by atoms with E-state index in [4.69, 9.17) is 4.74 Å². The molecule has 0 spiro atoms. The maximum absolute atomic E-state index is 5.51. The van der Waals surface area contributed by atoms with E-state index in [9.17, 15) is 0 Å². The van der Waals surface area contributed by atoms with Gasteiger partial charge in [0.15, 0.2) is 0 Å². The zero-order chi connectivity index (χ0) is 12.9. The number of fused-ring (bicyclic) bond motifs is 1. The fraction of sp³-hybridized carbons (Fsp3) is 0.294. The molecule has 2 aromatic rings. The highest BCUT2D eigenvalue weighted by molar-refractivity contribution is 5.52. The minimum atomic E-state index is 0.826. The molecule has 1 heterocycles. The fourth-order valence-electron chi connectivity index (χ4n) is 2.47. The van der Waals surface area contributed by atoms with Crippen LogP contribution in [0.4, 0.5) is 5.69 Å². The average molecular weight is 253 g/mol. The minimum absolute atomic E-state index is 0.826. The van der Waals surface area contributed by atoms with Gasteiger partial charge in [0.05, 0.1) is 6.61 Å². The van der Waals surface area contributed by atoms with Crippen molar-refractivity contribution in [2.24, 2.45) is 0 Å². The summed E-state index contributed by atoms with van der Waals surface area (Å²) in [7, 11) is 0. The lowest BCUT2D eigenvalue weighted by Gasteiger charge is -2.08. The molecular formula is C17H19NO. The number of hydrogen-bond acceptors (Lipinski definition) is 2. The van der Waals surface area contributed by atoms with E-state index in [0.717, 1.165) is 38.2 Å². The van der Waals surface area contributed by atoms with Crippen LogP contribution in [0, 0.1) is 0 Å². The van der Waals surface area contributed by atoms with Gasteiger partial charge in [0.25, 0.3) is 0 Å². The molecular weight excluding hydrogens is 234 g/mol. The summed E-state index contributed by atoms with van der Waals surface area (Å²) in [5, 5.41) is 3.49. The molecule has 2 nitrogen and oxygen atoms in total. The van der Waals surface area contributed by atoms with E-state index in [1.54, 1.807) is 0 Å². The number of benzene rings is 2. The predicted octanol–water partition coefficient (Wildman–Crippen LogP) is 3.67. The average Bonchev–Trinajstić information content (AvgIpc) is 2.92. The Hall–Kier alpha value is -1.96. The Bertz CT molecular complexity index is 536. The van der Waals surface area contributed by atoms with Gasteiger partial charge < -0.3 is 10.1 Å². The van der Waals surface area contributed by atoms with Crippen LogP contribution in [0.25, 0.3) is 0 Å². The van der Waals surface area contributed by atoms with Crippen LogP contribution in [-0.4, -0.2) is 13.2 Å².